The molecule has 7 nitrogen and oxygen atoms in total. The standard InChI is InChI=1S/C26H31F3N4O3/c1-14(12-30)36-22-6-4-5-18(22)32-19-9-15(7-8-16(19)24(31)35)33-13-17(26(27,28)29)23-20(33)10-25(2,3)11-21(23)34/h7-9,13,18,22,32H,1,4-6,10-12,30H2,2-3H3,(H2,31,35)/t18-,22-/m0/s1. The molecule has 0 bridgehead atoms. The van der Waals surface area contributed by atoms with Gasteiger partial charge in [-0.25, -0.2) is 0 Å². The largest absolute Gasteiger partial charge is 0.492 e. The zero-order chi connectivity index (χ0) is 26.4. The quantitative estimate of drug-likeness (QED) is 0.478. The van der Waals surface area contributed by atoms with E-state index in [9.17, 15) is 22.8 Å². The van der Waals surface area contributed by atoms with Gasteiger partial charge in [0.15, 0.2) is 5.78 Å². The van der Waals surface area contributed by atoms with Crippen LogP contribution < -0.4 is 16.8 Å². The van der Waals surface area contributed by atoms with E-state index in [1.807, 2.05) is 13.8 Å². The maximum absolute atomic E-state index is 13.9. The molecule has 5 N–H and O–H groups in total. The Morgan fingerprint density at radius 2 is 2.00 bits per heavy atom. The summed E-state index contributed by atoms with van der Waals surface area (Å²) < 4.78 is 48.9. The molecule has 1 amide bonds. The third kappa shape index (κ3) is 5.00. The van der Waals surface area contributed by atoms with E-state index in [1.165, 1.54) is 16.7 Å². The topological polar surface area (TPSA) is 112 Å². The highest BCUT2D eigenvalue weighted by Crippen LogP contribution is 2.43. The Morgan fingerprint density at radius 1 is 1.28 bits per heavy atom. The minimum Gasteiger partial charge on any atom is -0.492 e. The average Bonchev–Trinajstić information content (AvgIpc) is 3.37. The lowest BCUT2D eigenvalue weighted by Gasteiger charge is -2.30. The van der Waals surface area contributed by atoms with E-state index in [1.54, 1.807) is 6.07 Å². The lowest BCUT2D eigenvalue weighted by molar-refractivity contribution is -0.137. The predicted molar refractivity (Wildman–Crippen MR) is 130 cm³/mol. The zero-order valence-corrected chi connectivity index (χ0v) is 20.4. The number of fused-ring (bicyclic) bond motifs is 1. The number of nitrogens with two attached hydrogens (primary N) is 2. The number of primary amides is 1. The molecule has 1 aromatic carbocycles. The number of nitrogens with one attached hydrogen (secondary N) is 1. The van der Waals surface area contributed by atoms with Crippen LogP contribution in [0.1, 0.15) is 71.5 Å². The van der Waals surface area contributed by atoms with Crippen molar-refractivity contribution in [2.24, 2.45) is 16.9 Å². The molecule has 0 unspecified atom stereocenters. The summed E-state index contributed by atoms with van der Waals surface area (Å²) in [5.74, 6) is -0.748. The van der Waals surface area contributed by atoms with E-state index in [0.717, 1.165) is 25.5 Å². The number of ether oxygens (including phenoxy) is 1. The van der Waals surface area contributed by atoms with Gasteiger partial charge in [-0.2, -0.15) is 13.2 Å². The highest BCUT2D eigenvalue weighted by molar-refractivity contribution is 6.01. The molecule has 2 atom stereocenters. The summed E-state index contributed by atoms with van der Waals surface area (Å²) in [4.78, 5) is 25.0. The molecule has 0 aliphatic heterocycles. The first-order valence-electron chi connectivity index (χ1n) is 11.9. The molecule has 10 heteroatoms. The number of aromatic nitrogens is 1. The van der Waals surface area contributed by atoms with Gasteiger partial charge in [-0.15, -0.1) is 0 Å². The van der Waals surface area contributed by atoms with Gasteiger partial charge in [0, 0.05) is 29.7 Å². The van der Waals surface area contributed by atoms with Crippen LogP contribution in [0.4, 0.5) is 18.9 Å². The van der Waals surface area contributed by atoms with Crippen LogP contribution >= 0.6 is 0 Å². The molecule has 0 spiro atoms. The van der Waals surface area contributed by atoms with Crippen LogP contribution in [0.5, 0.6) is 0 Å². The number of rotatable bonds is 7. The van der Waals surface area contributed by atoms with Gasteiger partial charge in [-0.05, 0) is 49.3 Å². The highest BCUT2D eigenvalue weighted by Gasteiger charge is 2.43. The first-order valence-corrected chi connectivity index (χ1v) is 11.9. The van der Waals surface area contributed by atoms with Crippen molar-refractivity contribution in [2.75, 3.05) is 11.9 Å². The molecule has 194 valence electrons. The molecule has 4 rings (SSSR count). The van der Waals surface area contributed by atoms with Crippen molar-refractivity contribution in [1.29, 1.82) is 0 Å². The molecule has 2 aliphatic rings. The van der Waals surface area contributed by atoms with Gasteiger partial charge in [0.05, 0.1) is 29.3 Å². The van der Waals surface area contributed by atoms with Crippen molar-refractivity contribution in [1.82, 2.24) is 4.57 Å². The number of Topliss-reactive ketones (excluding diaryl/α,β-unsaturated/α-hetero) is 1. The van der Waals surface area contributed by atoms with Crippen molar-refractivity contribution < 1.29 is 27.5 Å². The first kappa shape index (κ1) is 25.8. The lowest BCUT2D eigenvalue weighted by Crippen LogP contribution is -2.32. The van der Waals surface area contributed by atoms with Gasteiger partial charge in [0.25, 0.3) is 5.91 Å². The normalized spacial score (nSPS) is 21.2. The SMILES string of the molecule is C=C(CN)O[C@H]1CCC[C@@H]1Nc1cc(-n2cc(C(F)(F)F)c3c2CC(C)(C)CC3=O)ccc1C(N)=O. The van der Waals surface area contributed by atoms with Crippen LogP contribution in [0.15, 0.2) is 36.7 Å². The number of hydrogen-bond donors (Lipinski definition) is 3. The Balaban J connectivity index is 1.78. The maximum Gasteiger partial charge on any atom is 0.418 e. The second-order valence-corrected chi connectivity index (χ2v) is 10.3. The van der Waals surface area contributed by atoms with Crippen LogP contribution in [0.25, 0.3) is 5.69 Å². The monoisotopic (exact) mass is 504 g/mol. The summed E-state index contributed by atoms with van der Waals surface area (Å²) in [5.41, 5.74) is 10.8. The molecular weight excluding hydrogens is 473 g/mol. The van der Waals surface area contributed by atoms with Crippen LogP contribution in [0, 0.1) is 5.41 Å². The summed E-state index contributed by atoms with van der Waals surface area (Å²) in [6, 6.07) is 4.45. The van der Waals surface area contributed by atoms with Crippen LogP contribution in [0.3, 0.4) is 0 Å². The number of ketones is 1. The van der Waals surface area contributed by atoms with Crippen LogP contribution in [0.2, 0.25) is 0 Å². The van der Waals surface area contributed by atoms with Crippen LogP contribution in [-0.2, 0) is 17.3 Å². The molecule has 2 aliphatic carbocycles. The van der Waals surface area contributed by atoms with Crippen molar-refractivity contribution in [3.63, 3.8) is 0 Å². The smallest absolute Gasteiger partial charge is 0.418 e. The second-order valence-electron chi connectivity index (χ2n) is 10.3. The number of alkyl halides is 3. The summed E-state index contributed by atoms with van der Waals surface area (Å²) in [7, 11) is 0. The molecule has 1 heterocycles. The number of carbonyl (C=O) groups is 2. The summed E-state index contributed by atoms with van der Waals surface area (Å²) in [6.45, 7) is 7.68. The first-order chi connectivity index (χ1) is 16.8. The second kappa shape index (κ2) is 9.31. The molecule has 0 saturated heterocycles. The molecule has 2 aromatic rings. The lowest BCUT2D eigenvalue weighted by atomic mass is 9.75. The van der Waals surface area contributed by atoms with Gasteiger partial charge >= 0.3 is 6.18 Å². The van der Waals surface area contributed by atoms with Crippen molar-refractivity contribution in [3.8, 4) is 5.69 Å². The van der Waals surface area contributed by atoms with Gasteiger partial charge in [-0.1, -0.05) is 20.4 Å². The summed E-state index contributed by atoms with van der Waals surface area (Å²) in [5, 5.41) is 3.31. The maximum atomic E-state index is 13.9. The third-order valence-electron chi connectivity index (χ3n) is 6.86. The Kier molecular flexibility index (Phi) is 6.68. The average molecular weight is 505 g/mol. The number of amides is 1. The number of carbonyl (C=O) groups excluding carboxylic acids is 2. The Labute approximate surface area is 207 Å². The zero-order valence-electron chi connectivity index (χ0n) is 20.4. The number of hydrogen-bond acceptors (Lipinski definition) is 5. The van der Waals surface area contributed by atoms with Gasteiger partial charge in [0.1, 0.15) is 11.9 Å². The van der Waals surface area contributed by atoms with E-state index < -0.39 is 28.8 Å². The van der Waals surface area contributed by atoms with Crippen molar-refractivity contribution in [2.45, 2.75) is 64.3 Å². The van der Waals surface area contributed by atoms with E-state index in [4.69, 9.17) is 16.2 Å². The summed E-state index contributed by atoms with van der Waals surface area (Å²) in [6.07, 6.45) is -1.20. The molecule has 0 radical (unpaired) electrons. The van der Waals surface area contributed by atoms with Gasteiger partial charge in [0.2, 0.25) is 0 Å². The fourth-order valence-electron chi connectivity index (χ4n) is 5.23. The number of halogens is 3. The number of nitrogens with zero attached hydrogens (tertiary/aromatic N) is 1. The Morgan fingerprint density at radius 3 is 2.64 bits per heavy atom. The van der Waals surface area contributed by atoms with E-state index in [0.29, 0.717) is 29.2 Å². The minimum atomic E-state index is -4.68. The number of anilines is 1. The minimum absolute atomic E-state index is 0.0394. The fourth-order valence-corrected chi connectivity index (χ4v) is 5.23. The van der Waals surface area contributed by atoms with Crippen molar-refractivity contribution >= 4 is 17.4 Å². The third-order valence-corrected chi connectivity index (χ3v) is 6.86. The van der Waals surface area contributed by atoms with Crippen LogP contribution in [-0.4, -0.2) is 34.9 Å². The molecule has 1 aromatic heterocycles. The molecule has 36 heavy (non-hydrogen) atoms. The van der Waals surface area contributed by atoms with E-state index >= 15 is 0 Å². The van der Waals surface area contributed by atoms with Gasteiger partial charge in [-0.3, -0.25) is 9.59 Å². The summed E-state index contributed by atoms with van der Waals surface area (Å²) >= 11 is 0. The molecular formula is C26H31F3N4O3. The predicted octanol–water partition coefficient (Wildman–Crippen LogP) is 4.57. The van der Waals surface area contributed by atoms with Crippen molar-refractivity contribution in [3.05, 3.63) is 59.1 Å². The number of benzene rings is 1. The fraction of sp³-hybridized carbons (Fsp3) is 0.462. The van der Waals surface area contributed by atoms with Gasteiger partial charge < -0.3 is 26.1 Å². The Bertz CT molecular complexity index is 1220. The van der Waals surface area contributed by atoms with E-state index in [2.05, 4.69) is 11.9 Å². The molecule has 1 fully saturated rings. The highest BCUT2D eigenvalue weighted by atomic mass is 19.4. The Hall–Kier alpha value is -3.27. The molecule has 1 saturated carbocycles. The van der Waals surface area contributed by atoms with E-state index in [-0.39, 0.29) is 36.2 Å².